The van der Waals surface area contributed by atoms with Crippen molar-refractivity contribution in [2.45, 2.75) is 4.90 Å². The molecule has 0 saturated carbocycles. The van der Waals surface area contributed by atoms with Gasteiger partial charge in [0.05, 0.1) is 28.2 Å². The van der Waals surface area contributed by atoms with Gasteiger partial charge in [-0.1, -0.05) is 18.2 Å². The van der Waals surface area contributed by atoms with Crippen LogP contribution >= 0.6 is 0 Å². The van der Waals surface area contributed by atoms with Crippen LogP contribution in [0.5, 0.6) is 11.5 Å². The predicted octanol–water partition coefficient (Wildman–Crippen LogP) is 3.19. The van der Waals surface area contributed by atoms with Crippen LogP contribution in [-0.4, -0.2) is 11.3 Å². The molecule has 0 aromatic heterocycles. The van der Waals surface area contributed by atoms with E-state index in [1.54, 1.807) is 18.6 Å². The average Bonchev–Trinajstić information content (AvgIpc) is 2.76. The first kappa shape index (κ1) is 12.0. The molecule has 1 atom stereocenters. The molecule has 0 aliphatic carbocycles. The van der Waals surface area contributed by atoms with E-state index in [1.165, 1.54) is 0 Å². The van der Waals surface area contributed by atoms with Crippen molar-refractivity contribution in [2.75, 3.05) is 7.11 Å². The number of fused-ring (bicyclic) bond motifs is 1. The Morgan fingerprint density at radius 3 is 2.53 bits per heavy atom. The summed E-state index contributed by atoms with van der Waals surface area (Å²) in [6, 6.07) is 14.9. The van der Waals surface area contributed by atoms with Crippen LogP contribution in [-0.2, 0) is 10.8 Å². The summed E-state index contributed by atoms with van der Waals surface area (Å²) in [5.41, 5.74) is 0.821. The third-order valence-electron chi connectivity index (χ3n) is 2.85. The number of methoxy groups -OCH3 is 1. The summed E-state index contributed by atoms with van der Waals surface area (Å²) >= 11 is 0. The third kappa shape index (κ3) is 2.27. The molecule has 1 aliphatic heterocycles. The maximum atomic E-state index is 12.0. The van der Waals surface area contributed by atoms with Crippen LogP contribution in [0.3, 0.4) is 0 Å². The van der Waals surface area contributed by atoms with Gasteiger partial charge in [0.25, 0.3) is 0 Å². The van der Waals surface area contributed by atoms with Crippen molar-refractivity contribution < 1.29 is 13.7 Å². The van der Waals surface area contributed by atoms with Gasteiger partial charge in [0.15, 0.2) is 0 Å². The molecule has 3 nitrogen and oxygen atoms in total. The van der Waals surface area contributed by atoms with E-state index in [0.717, 1.165) is 22.0 Å². The Labute approximate surface area is 113 Å². The molecule has 0 amide bonds. The Balaban J connectivity index is 1.97. The summed E-state index contributed by atoms with van der Waals surface area (Å²) in [5, 5.41) is 1.62. The summed E-state index contributed by atoms with van der Waals surface area (Å²) in [5.74, 6) is 2.06. The summed E-state index contributed by atoms with van der Waals surface area (Å²) in [4.78, 5) is 0.756. The zero-order valence-corrected chi connectivity index (χ0v) is 11.1. The Hall–Kier alpha value is -2.07. The molecule has 0 spiro atoms. The first-order valence-electron chi connectivity index (χ1n) is 5.81. The van der Waals surface area contributed by atoms with Crippen LogP contribution in [0.15, 0.2) is 58.8 Å². The van der Waals surface area contributed by atoms with Gasteiger partial charge in [-0.25, -0.2) is 4.21 Å². The number of para-hydroxylation sites is 1. The zero-order valence-electron chi connectivity index (χ0n) is 10.3. The van der Waals surface area contributed by atoms with Gasteiger partial charge in [-0.3, -0.25) is 0 Å². The number of hydrogen-bond donors (Lipinski definition) is 0. The molecule has 0 N–H and O–H groups in total. The maximum Gasteiger partial charge on any atom is 0.145 e. The second-order valence-corrected chi connectivity index (χ2v) is 5.33. The summed E-state index contributed by atoms with van der Waals surface area (Å²) in [7, 11) is 0.452. The summed E-state index contributed by atoms with van der Waals surface area (Å²) < 4.78 is 23.0. The molecule has 1 unspecified atom stereocenters. The highest BCUT2D eigenvalue weighted by Gasteiger charge is 2.22. The average molecular weight is 272 g/mol. The smallest absolute Gasteiger partial charge is 0.145 e. The molecule has 0 saturated heterocycles. The first-order valence-corrected chi connectivity index (χ1v) is 7.03. The van der Waals surface area contributed by atoms with Crippen LogP contribution in [0, 0.1) is 0 Å². The molecule has 1 aliphatic rings. The van der Waals surface area contributed by atoms with E-state index in [9.17, 15) is 4.21 Å². The standard InChI is InChI=1S/C15H12O3S/c1-17-12-7-8-15-13(9-12)14(10-19(15)16)18-11-5-3-2-4-6-11/h2-10H,1H3. The largest absolute Gasteiger partial charge is 0.497 e. The summed E-state index contributed by atoms with van der Waals surface area (Å²) in [6.45, 7) is 0. The van der Waals surface area contributed by atoms with Crippen molar-refractivity contribution in [1.82, 2.24) is 0 Å². The molecule has 19 heavy (non-hydrogen) atoms. The molecular weight excluding hydrogens is 260 g/mol. The molecule has 2 aromatic carbocycles. The fourth-order valence-electron chi connectivity index (χ4n) is 1.92. The number of rotatable bonds is 3. The van der Waals surface area contributed by atoms with Gasteiger partial charge in [-0.15, -0.1) is 0 Å². The van der Waals surface area contributed by atoms with Gasteiger partial charge < -0.3 is 9.47 Å². The lowest BCUT2D eigenvalue weighted by Gasteiger charge is -2.08. The Bertz CT molecular complexity index is 662. The Morgan fingerprint density at radius 2 is 1.79 bits per heavy atom. The molecule has 2 aromatic rings. The van der Waals surface area contributed by atoms with Gasteiger partial charge in [0, 0.05) is 5.56 Å². The number of ether oxygens (including phenoxy) is 2. The van der Waals surface area contributed by atoms with Crippen molar-refractivity contribution in [3.05, 3.63) is 59.5 Å². The SMILES string of the molecule is COc1ccc2c(c1)C(Oc1ccccc1)=CS2=O. The van der Waals surface area contributed by atoms with E-state index in [2.05, 4.69) is 0 Å². The minimum atomic E-state index is -1.15. The van der Waals surface area contributed by atoms with E-state index in [4.69, 9.17) is 9.47 Å². The molecule has 1 heterocycles. The van der Waals surface area contributed by atoms with E-state index < -0.39 is 10.8 Å². The predicted molar refractivity (Wildman–Crippen MR) is 74.4 cm³/mol. The quantitative estimate of drug-likeness (QED) is 0.860. The number of benzene rings is 2. The number of hydrogen-bond acceptors (Lipinski definition) is 3. The van der Waals surface area contributed by atoms with Crippen molar-refractivity contribution in [3.8, 4) is 11.5 Å². The third-order valence-corrected chi connectivity index (χ3v) is 4.07. The first-order chi connectivity index (χ1) is 9.28. The normalized spacial score (nSPS) is 16.7. The lowest BCUT2D eigenvalue weighted by Crippen LogP contribution is -1.94. The maximum absolute atomic E-state index is 12.0. The van der Waals surface area contributed by atoms with Gasteiger partial charge in [-0.05, 0) is 30.3 Å². The monoisotopic (exact) mass is 272 g/mol. The lowest BCUT2D eigenvalue weighted by atomic mass is 10.2. The second kappa shape index (κ2) is 4.90. The molecule has 0 bridgehead atoms. The molecule has 3 rings (SSSR count). The van der Waals surface area contributed by atoms with Gasteiger partial charge in [0.1, 0.15) is 17.3 Å². The van der Waals surface area contributed by atoms with E-state index in [-0.39, 0.29) is 0 Å². The van der Waals surface area contributed by atoms with E-state index in [0.29, 0.717) is 5.76 Å². The van der Waals surface area contributed by atoms with Gasteiger partial charge >= 0.3 is 0 Å². The van der Waals surface area contributed by atoms with Crippen LogP contribution in [0.1, 0.15) is 5.56 Å². The van der Waals surface area contributed by atoms with Crippen LogP contribution in [0.25, 0.3) is 5.76 Å². The van der Waals surface area contributed by atoms with Gasteiger partial charge in [-0.2, -0.15) is 0 Å². The van der Waals surface area contributed by atoms with Crippen LogP contribution < -0.4 is 9.47 Å². The molecule has 0 fully saturated rings. The van der Waals surface area contributed by atoms with Crippen molar-refractivity contribution in [3.63, 3.8) is 0 Å². The van der Waals surface area contributed by atoms with Crippen LogP contribution in [0.2, 0.25) is 0 Å². The van der Waals surface area contributed by atoms with E-state index >= 15 is 0 Å². The van der Waals surface area contributed by atoms with Crippen molar-refractivity contribution in [2.24, 2.45) is 0 Å². The van der Waals surface area contributed by atoms with Crippen LogP contribution in [0.4, 0.5) is 0 Å². The Kier molecular flexibility index (Phi) is 3.09. The molecule has 4 heteroatoms. The highest BCUT2D eigenvalue weighted by atomic mass is 32.2. The fourth-order valence-corrected chi connectivity index (χ4v) is 3.00. The van der Waals surface area contributed by atoms with Crippen molar-refractivity contribution >= 4 is 16.6 Å². The molecule has 96 valence electrons. The highest BCUT2D eigenvalue weighted by molar-refractivity contribution is 7.88. The van der Waals surface area contributed by atoms with E-state index in [1.807, 2.05) is 42.5 Å². The lowest BCUT2D eigenvalue weighted by molar-refractivity contribution is 0.413. The van der Waals surface area contributed by atoms with Crippen molar-refractivity contribution in [1.29, 1.82) is 0 Å². The Morgan fingerprint density at radius 1 is 1.00 bits per heavy atom. The molecular formula is C15H12O3S. The minimum absolute atomic E-state index is 0.610. The highest BCUT2D eigenvalue weighted by Crippen LogP contribution is 2.34. The minimum Gasteiger partial charge on any atom is -0.497 e. The van der Waals surface area contributed by atoms with Gasteiger partial charge in [0.2, 0.25) is 0 Å². The topological polar surface area (TPSA) is 35.5 Å². The zero-order chi connectivity index (χ0) is 13.2. The molecule has 0 radical (unpaired) electrons. The fraction of sp³-hybridized carbons (Fsp3) is 0.0667. The summed E-state index contributed by atoms with van der Waals surface area (Å²) in [6.07, 6.45) is 0. The second-order valence-electron chi connectivity index (χ2n) is 4.06.